The summed E-state index contributed by atoms with van der Waals surface area (Å²) in [6.45, 7) is 5.52. The first-order valence-corrected chi connectivity index (χ1v) is 7.89. The molecule has 1 rings (SSSR count). The van der Waals surface area contributed by atoms with Gasteiger partial charge in [0.05, 0.1) is 7.11 Å². The Labute approximate surface area is 116 Å². The van der Waals surface area contributed by atoms with Crippen LogP contribution in [0.2, 0.25) is 0 Å². The van der Waals surface area contributed by atoms with Gasteiger partial charge in [0, 0.05) is 11.8 Å². The van der Waals surface area contributed by atoms with Crippen LogP contribution in [0.3, 0.4) is 0 Å². The number of ether oxygens (including phenoxy) is 1. The van der Waals surface area contributed by atoms with Crippen LogP contribution in [-0.2, 0) is 6.42 Å². The van der Waals surface area contributed by atoms with E-state index in [1.807, 2.05) is 17.8 Å². The van der Waals surface area contributed by atoms with E-state index in [9.17, 15) is 0 Å². The maximum atomic E-state index is 5.27. The Morgan fingerprint density at radius 1 is 1.33 bits per heavy atom. The average molecular weight is 267 g/mol. The van der Waals surface area contributed by atoms with Gasteiger partial charge >= 0.3 is 0 Å². The molecule has 2 nitrogen and oxygen atoms in total. The molecule has 0 radical (unpaired) electrons. The SMILES string of the molecule is CCCNC(CSCC)Cc1cccc(OC)c1. The van der Waals surface area contributed by atoms with Gasteiger partial charge in [-0.05, 0) is 42.8 Å². The molecular weight excluding hydrogens is 242 g/mol. The Bertz CT molecular complexity index is 322. The highest BCUT2D eigenvalue weighted by atomic mass is 32.2. The summed E-state index contributed by atoms with van der Waals surface area (Å²) in [6, 6.07) is 8.94. The van der Waals surface area contributed by atoms with E-state index >= 15 is 0 Å². The summed E-state index contributed by atoms with van der Waals surface area (Å²) in [5.41, 5.74) is 1.35. The Balaban J connectivity index is 2.56. The van der Waals surface area contributed by atoms with Crippen LogP contribution in [0.15, 0.2) is 24.3 Å². The van der Waals surface area contributed by atoms with Crippen LogP contribution in [0.5, 0.6) is 5.75 Å². The zero-order valence-corrected chi connectivity index (χ0v) is 12.6. The first kappa shape index (κ1) is 15.4. The van der Waals surface area contributed by atoms with Crippen LogP contribution in [0.4, 0.5) is 0 Å². The summed E-state index contributed by atoms with van der Waals surface area (Å²) in [4.78, 5) is 0. The van der Waals surface area contributed by atoms with Crippen molar-refractivity contribution in [3.8, 4) is 5.75 Å². The molecule has 0 fully saturated rings. The number of nitrogens with one attached hydrogen (secondary N) is 1. The standard InChI is InChI=1S/C15H25NOS/c1-4-9-16-14(12-18-5-2)10-13-7-6-8-15(11-13)17-3/h6-8,11,14,16H,4-5,9-10,12H2,1-3H3. The van der Waals surface area contributed by atoms with Crippen molar-refractivity contribution in [2.75, 3.05) is 25.2 Å². The summed E-state index contributed by atoms with van der Waals surface area (Å²) < 4.78 is 5.27. The lowest BCUT2D eigenvalue weighted by Gasteiger charge is -2.18. The van der Waals surface area contributed by atoms with Crippen molar-refractivity contribution in [1.29, 1.82) is 0 Å². The number of rotatable bonds is 9. The first-order chi connectivity index (χ1) is 8.80. The fraction of sp³-hybridized carbons (Fsp3) is 0.600. The summed E-state index contributed by atoms with van der Waals surface area (Å²) in [5.74, 6) is 3.31. The van der Waals surface area contributed by atoms with Crippen LogP contribution in [-0.4, -0.2) is 31.2 Å². The molecule has 1 atom stereocenters. The monoisotopic (exact) mass is 267 g/mol. The molecule has 1 unspecified atom stereocenters. The second-order valence-electron chi connectivity index (χ2n) is 4.37. The van der Waals surface area contributed by atoms with Gasteiger partial charge in [0.2, 0.25) is 0 Å². The molecular formula is C15H25NOS. The second-order valence-corrected chi connectivity index (χ2v) is 5.69. The van der Waals surface area contributed by atoms with Gasteiger partial charge < -0.3 is 10.1 Å². The Morgan fingerprint density at radius 2 is 2.17 bits per heavy atom. The lowest BCUT2D eigenvalue weighted by atomic mass is 10.1. The predicted molar refractivity (Wildman–Crippen MR) is 81.8 cm³/mol. The molecule has 1 N–H and O–H groups in total. The van der Waals surface area contributed by atoms with E-state index in [-0.39, 0.29) is 0 Å². The van der Waals surface area contributed by atoms with Crippen molar-refractivity contribution in [1.82, 2.24) is 5.32 Å². The van der Waals surface area contributed by atoms with Crippen molar-refractivity contribution < 1.29 is 4.74 Å². The minimum atomic E-state index is 0.557. The van der Waals surface area contributed by atoms with Crippen molar-refractivity contribution in [2.24, 2.45) is 0 Å². The van der Waals surface area contributed by atoms with Crippen LogP contribution in [0.25, 0.3) is 0 Å². The number of thioether (sulfide) groups is 1. The molecule has 0 bridgehead atoms. The predicted octanol–water partition coefficient (Wildman–Crippen LogP) is 3.36. The van der Waals surface area contributed by atoms with Crippen molar-refractivity contribution in [2.45, 2.75) is 32.7 Å². The van der Waals surface area contributed by atoms with E-state index in [0.29, 0.717) is 6.04 Å². The zero-order valence-electron chi connectivity index (χ0n) is 11.7. The quantitative estimate of drug-likeness (QED) is 0.741. The van der Waals surface area contributed by atoms with Gasteiger partial charge in [-0.1, -0.05) is 26.0 Å². The smallest absolute Gasteiger partial charge is 0.119 e. The van der Waals surface area contributed by atoms with Crippen LogP contribution in [0, 0.1) is 0 Å². The molecule has 0 spiro atoms. The molecule has 102 valence electrons. The number of hydrogen-bond donors (Lipinski definition) is 1. The third-order valence-corrected chi connectivity index (χ3v) is 3.87. The zero-order chi connectivity index (χ0) is 13.2. The molecule has 3 heteroatoms. The summed E-state index contributed by atoms with van der Waals surface area (Å²) in [7, 11) is 1.72. The fourth-order valence-corrected chi connectivity index (χ4v) is 2.64. The number of hydrogen-bond acceptors (Lipinski definition) is 3. The summed E-state index contributed by atoms with van der Waals surface area (Å²) in [6.07, 6.45) is 2.26. The first-order valence-electron chi connectivity index (χ1n) is 6.74. The Morgan fingerprint density at radius 3 is 2.83 bits per heavy atom. The van der Waals surface area contributed by atoms with Crippen LogP contribution >= 0.6 is 11.8 Å². The van der Waals surface area contributed by atoms with Crippen molar-refractivity contribution >= 4 is 11.8 Å². The number of methoxy groups -OCH3 is 1. The molecule has 0 aliphatic heterocycles. The van der Waals surface area contributed by atoms with E-state index in [0.717, 1.165) is 18.7 Å². The van der Waals surface area contributed by atoms with E-state index in [2.05, 4.69) is 37.4 Å². The lowest BCUT2D eigenvalue weighted by molar-refractivity contribution is 0.414. The van der Waals surface area contributed by atoms with Gasteiger partial charge in [0.1, 0.15) is 5.75 Å². The van der Waals surface area contributed by atoms with Gasteiger partial charge in [-0.15, -0.1) is 0 Å². The molecule has 0 aromatic heterocycles. The summed E-state index contributed by atoms with van der Waals surface area (Å²) in [5, 5.41) is 3.63. The van der Waals surface area contributed by atoms with Gasteiger partial charge in [-0.3, -0.25) is 0 Å². The second kappa shape index (κ2) is 9.29. The molecule has 0 aliphatic carbocycles. The highest BCUT2D eigenvalue weighted by Gasteiger charge is 2.09. The highest BCUT2D eigenvalue weighted by Crippen LogP contribution is 2.15. The van der Waals surface area contributed by atoms with E-state index < -0.39 is 0 Å². The van der Waals surface area contributed by atoms with Gasteiger partial charge in [-0.2, -0.15) is 11.8 Å². The fourth-order valence-electron chi connectivity index (χ4n) is 1.88. The topological polar surface area (TPSA) is 21.3 Å². The molecule has 0 aliphatic rings. The van der Waals surface area contributed by atoms with Gasteiger partial charge in [0.15, 0.2) is 0 Å². The Hall–Kier alpha value is -0.670. The lowest BCUT2D eigenvalue weighted by Crippen LogP contribution is -2.34. The van der Waals surface area contributed by atoms with Crippen molar-refractivity contribution in [3.63, 3.8) is 0 Å². The van der Waals surface area contributed by atoms with E-state index in [1.54, 1.807) is 7.11 Å². The minimum absolute atomic E-state index is 0.557. The normalized spacial score (nSPS) is 12.4. The average Bonchev–Trinajstić information content (AvgIpc) is 2.42. The van der Waals surface area contributed by atoms with E-state index in [4.69, 9.17) is 4.74 Å². The summed E-state index contributed by atoms with van der Waals surface area (Å²) >= 11 is 2.00. The maximum absolute atomic E-state index is 5.27. The highest BCUT2D eigenvalue weighted by molar-refractivity contribution is 7.99. The molecule has 0 amide bonds. The molecule has 1 aromatic carbocycles. The van der Waals surface area contributed by atoms with Crippen LogP contribution in [0.1, 0.15) is 25.8 Å². The molecule has 0 heterocycles. The minimum Gasteiger partial charge on any atom is -0.497 e. The van der Waals surface area contributed by atoms with Crippen molar-refractivity contribution in [3.05, 3.63) is 29.8 Å². The Kier molecular flexibility index (Phi) is 7.94. The third kappa shape index (κ3) is 5.78. The molecule has 0 saturated heterocycles. The number of benzene rings is 1. The third-order valence-electron chi connectivity index (χ3n) is 2.82. The van der Waals surface area contributed by atoms with Gasteiger partial charge in [-0.25, -0.2) is 0 Å². The van der Waals surface area contributed by atoms with E-state index in [1.165, 1.54) is 23.5 Å². The molecule has 0 saturated carbocycles. The molecule has 1 aromatic rings. The largest absolute Gasteiger partial charge is 0.497 e. The van der Waals surface area contributed by atoms with Gasteiger partial charge in [0.25, 0.3) is 0 Å². The maximum Gasteiger partial charge on any atom is 0.119 e. The van der Waals surface area contributed by atoms with Crippen LogP contribution < -0.4 is 10.1 Å². The molecule has 18 heavy (non-hydrogen) atoms.